The number of imide groups is 1. The van der Waals surface area contributed by atoms with Crippen LogP contribution < -0.4 is 5.32 Å². The Morgan fingerprint density at radius 2 is 1.78 bits per heavy atom. The van der Waals surface area contributed by atoms with Crippen molar-refractivity contribution in [2.75, 3.05) is 0 Å². The maximum atomic E-state index is 12.5. The molecule has 4 nitrogen and oxygen atoms in total. The highest BCUT2D eigenvalue weighted by Crippen LogP contribution is 2.62. The number of nitrogens with one attached hydrogen (secondary N) is 1. The van der Waals surface area contributed by atoms with Gasteiger partial charge in [0.2, 0.25) is 11.8 Å². The quantitative estimate of drug-likeness (QED) is 0.699. The van der Waals surface area contributed by atoms with Crippen molar-refractivity contribution in [3.8, 4) is 0 Å². The molecule has 4 aliphatic rings. The molecule has 23 heavy (non-hydrogen) atoms. The van der Waals surface area contributed by atoms with Crippen LogP contribution in [0, 0.1) is 28.6 Å². The second-order valence-corrected chi connectivity index (χ2v) is 8.51. The summed E-state index contributed by atoms with van der Waals surface area (Å²) in [5.41, 5.74) is 1.02. The van der Waals surface area contributed by atoms with E-state index in [2.05, 4.69) is 12.2 Å². The van der Waals surface area contributed by atoms with Crippen LogP contribution in [0.2, 0.25) is 0 Å². The molecule has 4 rings (SSSR count). The van der Waals surface area contributed by atoms with Gasteiger partial charge in [0.25, 0.3) is 0 Å². The molecule has 1 saturated heterocycles. The minimum absolute atomic E-state index is 0.0671. The van der Waals surface area contributed by atoms with Crippen molar-refractivity contribution in [2.24, 2.45) is 28.6 Å². The van der Waals surface area contributed by atoms with Gasteiger partial charge in [-0.25, -0.2) is 0 Å². The van der Waals surface area contributed by atoms with Crippen molar-refractivity contribution >= 4 is 17.6 Å². The topological polar surface area (TPSA) is 63.2 Å². The van der Waals surface area contributed by atoms with Gasteiger partial charge in [0.1, 0.15) is 0 Å². The molecule has 0 aromatic heterocycles. The fraction of sp³-hybridized carbons (Fsp3) is 0.737. The van der Waals surface area contributed by atoms with Crippen LogP contribution in [-0.2, 0) is 14.4 Å². The number of carbonyl (C=O) groups is 3. The fourth-order valence-electron chi connectivity index (χ4n) is 6.06. The third kappa shape index (κ3) is 1.99. The Balaban J connectivity index is 1.71. The van der Waals surface area contributed by atoms with E-state index in [9.17, 15) is 14.4 Å². The summed E-state index contributed by atoms with van der Waals surface area (Å²) >= 11 is 0. The Morgan fingerprint density at radius 1 is 1.00 bits per heavy atom. The number of piperidine rings is 1. The van der Waals surface area contributed by atoms with E-state index < -0.39 is 5.41 Å². The average molecular weight is 315 g/mol. The summed E-state index contributed by atoms with van der Waals surface area (Å²) in [6.07, 6.45) is 7.80. The lowest BCUT2D eigenvalue weighted by Gasteiger charge is -2.58. The predicted octanol–water partition coefficient (Wildman–Crippen LogP) is 2.77. The summed E-state index contributed by atoms with van der Waals surface area (Å²) in [5, 5.41) is 2.55. The van der Waals surface area contributed by atoms with Gasteiger partial charge in [-0.2, -0.15) is 0 Å². The molecule has 124 valence electrons. The number of hydrogen-bond acceptors (Lipinski definition) is 3. The molecule has 5 atom stereocenters. The first-order chi connectivity index (χ1) is 10.8. The first-order valence-corrected chi connectivity index (χ1v) is 8.93. The molecule has 3 fully saturated rings. The molecule has 0 bridgehead atoms. The Hall–Kier alpha value is -1.45. The standard InChI is InChI=1S/C19H25NO3/c1-18-7-5-12(21)9-11(18)3-4-13-14(18)6-8-19(2)15(13)10-16(22)20-17(19)23/h9,13-15H,3-8,10H2,1-2H3,(H,20,22,23)/t13-,14-,15+,18+,19+/m0/s1. The summed E-state index contributed by atoms with van der Waals surface area (Å²) in [6, 6.07) is 0. The van der Waals surface area contributed by atoms with Gasteiger partial charge in [0.05, 0.1) is 5.41 Å². The van der Waals surface area contributed by atoms with Crippen molar-refractivity contribution in [1.82, 2.24) is 5.32 Å². The smallest absolute Gasteiger partial charge is 0.232 e. The van der Waals surface area contributed by atoms with Crippen LogP contribution in [-0.4, -0.2) is 17.6 Å². The maximum absolute atomic E-state index is 12.5. The summed E-state index contributed by atoms with van der Waals surface area (Å²) in [4.78, 5) is 36.2. The van der Waals surface area contributed by atoms with E-state index >= 15 is 0 Å². The van der Waals surface area contributed by atoms with Crippen LogP contribution in [0.3, 0.4) is 0 Å². The zero-order valence-electron chi connectivity index (χ0n) is 14.0. The molecule has 1 N–H and O–H groups in total. The van der Waals surface area contributed by atoms with Gasteiger partial charge in [-0.05, 0) is 61.3 Å². The van der Waals surface area contributed by atoms with E-state index in [1.165, 1.54) is 5.57 Å². The normalized spacial score (nSPS) is 46.3. The summed E-state index contributed by atoms with van der Waals surface area (Å²) in [6.45, 7) is 4.36. The van der Waals surface area contributed by atoms with Crippen LogP contribution in [0.1, 0.15) is 58.8 Å². The zero-order valence-corrected chi connectivity index (χ0v) is 14.0. The second kappa shape index (κ2) is 4.78. The first kappa shape index (κ1) is 15.1. The second-order valence-electron chi connectivity index (χ2n) is 8.51. The van der Waals surface area contributed by atoms with Gasteiger partial charge in [0.15, 0.2) is 5.78 Å². The molecular formula is C19H25NO3. The van der Waals surface area contributed by atoms with Crippen molar-refractivity contribution in [3.05, 3.63) is 11.6 Å². The number of ketones is 1. The third-order valence-corrected chi connectivity index (χ3v) is 7.53. The van der Waals surface area contributed by atoms with E-state index in [0.29, 0.717) is 24.7 Å². The van der Waals surface area contributed by atoms with Crippen molar-refractivity contribution in [1.29, 1.82) is 0 Å². The largest absolute Gasteiger partial charge is 0.296 e. The monoisotopic (exact) mass is 315 g/mol. The number of allylic oxidation sites excluding steroid dienone is 2. The lowest BCUT2D eigenvalue weighted by Crippen LogP contribution is -2.60. The fourth-order valence-corrected chi connectivity index (χ4v) is 6.06. The van der Waals surface area contributed by atoms with Crippen molar-refractivity contribution < 1.29 is 14.4 Å². The molecule has 0 unspecified atom stereocenters. The highest BCUT2D eigenvalue weighted by molar-refractivity contribution is 6.01. The van der Waals surface area contributed by atoms with Crippen LogP contribution in [0.4, 0.5) is 0 Å². The first-order valence-electron chi connectivity index (χ1n) is 8.93. The molecule has 0 spiro atoms. The molecular weight excluding hydrogens is 290 g/mol. The Labute approximate surface area is 137 Å². The van der Waals surface area contributed by atoms with Crippen LogP contribution in [0.5, 0.6) is 0 Å². The lowest BCUT2D eigenvalue weighted by molar-refractivity contribution is -0.156. The van der Waals surface area contributed by atoms with Crippen molar-refractivity contribution in [3.63, 3.8) is 0 Å². The molecule has 0 radical (unpaired) electrons. The van der Waals surface area contributed by atoms with Gasteiger partial charge in [0, 0.05) is 12.8 Å². The molecule has 0 aromatic carbocycles. The van der Waals surface area contributed by atoms with E-state index in [1.807, 2.05) is 13.0 Å². The summed E-state index contributed by atoms with van der Waals surface area (Å²) in [5.74, 6) is 1.19. The number of amides is 2. The van der Waals surface area contributed by atoms with Crippen LogP contribution in [0.25, 0.3) is 0 Å². The zero-order chi connectivity index (χ0) is 16.4. The number of rotatable bonds is 0. The van der Waals surface area contributed by atoms with Gasteiger partial charge in [-0.3, -0.25) is 19.7 Å². The minimum Gasteiger partial charge on any atom is -0.296 e. The highest BCUT2D eigenvalue weighted by Gasteiger charge is 2.59. The lowest BCUT2D eigenvalue weighted by atomic mass is 9.46. The molecule has 1 heterocycles. The molecule has 1 aliphatic heterocycles. The molecule has 3 aliphatic carbocycles. The highest BCUT2D eigenvalue weighted by atomic mass is 16.2. The van der Waals surface area contributed by atoms with Gasteiger partial charge < -0.3 is 0 Å². The molecule has 0 aromatic rings. The van der Waals surface area contributed by atoms with Gasteiger partial charge in [-0.1, -0.05) is 19.4 Å². The van der Waals surface area contributed by atoms with Crippen molar-refractivity contribution in [2.45, 2.75) is 58.8 Å². The van der Waals surface area contributed by atoms with Gasteiger partial charge >= 0.3 is 0 Å². The third-order valence-electron chi connectivity index (χ3n) is 7.53. The molecule has 2 amide bonds. The Kier molecular flexibility index (Phi) is 3.14. The van der Waals surface area contributed by atoms with E-state index in [-0.39, 0.29) is 28.9 Å². The van der Waals surface area contributed by atoms with E-state index in [0.717, 1.165) is 32.1 Å². The summed E-state index contributed by atoms with van der Waals surface area (Å²) < 4.78 is 0. The number of fused-ring (bicyclic) bond motifs is 5. The number of carbonyl (C=O) groups excluding carboxylic acids is 3. The van der Waals surface area contributed by atoms with Gasteiger partial charge in [-0.15, -0.1) is 0 Å². The van der Waals surface area contributed by atoms with Crippen LogP contribution in [0.15, 0.2) is 11.6 Å². The minimum atomic E-state index is -0.392. The predicted molar refractivity (Wildman–Crippen MR) is 85.2 cm³/mol. The average Bonchev–Trinajstić information content (AvgIpc) is 2.49. The SMILES string of the molecule is C[C@@]12CC[C@H]3[C@H](CCC4=CC(=O)CC[C@]43C)[C@H]1CC(=O)NC2=O. The van der Waals surface area contributed by atoms with E-state index in [1.54, 1.807) is 0 Å². The molecule has 2 saturated carbocycles. The molecule has 4 heteroatoms. The Bertz CT molecular complexity index is 637. The summed E-state index contributed by atoms with van der Waals surface area (Å²) in [7, 11) is 0. The van der Waals surface area contributed by atoms with E-state index in [4.69, 9.17) is 0 Å². The number of hydrogen-bond donors (Lipinski definition) is 1. The maximum Gasteiger partial charge on any atom is 0.232 e. The van der Waals surface area contributed by atoms with Crippen LogP contribution >= 0.6 is 0 Å². The Morgan fingerprint density at radius 3 is 2.57 bits per heavy atom.